The van der Waals surface area contributed by atoms with Gasteiger partial charge in [-0.15, -0.1) is 0 Å². The second kappa shape index (κ2) is 5.60. The SMILES string of the molecule is COC1=CCC2=C(CCC3C2CCC2(C)C3CC[C@]2(O)C(C)O)C1. The van der Waals surface area contributed by atoms with Crippen molar-refractivity contribution in [3.05, 3.63) is 23.0 Å². The summed E-state index contributed by atoms with van der Waals surface area (Å²) in [6.45, 7) is 4.03. The first kappa shape index (κ1) is 16.7. The fourth-order valence-corrected chi connectivity index (χ4v) is 6.78. The topological polar surface area (TPSA) is 49.7 Å². The molecule has 0 radical (unpaired) electrons. The Labute approximate surface area is 145 Å². The number of methoxy groups -OCH3 is 1. The molecule has 6 atom stereocenters. The third kappa shape index (κ3) is 2.10. The van der Waals surface area contributed by atoms with Gasteiger partial charge in [0.2, 0.25) is 0 Å². The zero-order chi connectivity index (χ0) is 17.1. The maximum atomic E-state index is 11.2. The fraction of sp³-hybridized carbons (Fsp3) is 0.810. The van der Waals surface area contributed by atoms with Crippen LogP contribution in [0.25, 0.3) is 0 Å². The predicted molar refractivity (Wildman–Crippen MR) is 94.3 cm³/mol. The zero-order valence-electron chi connectivity index (χ0n) is 15.3. The number of aliphatic hydroxyl groups is 2. The van der Waals surface area contributed by atoms with E-state index in [-0.39, 0.29) is 5.41 Å². The molecule has 0 spiro atoms. The number of hydrogen-bond acceptors (Lipinski definition) is 3. The molecule has 0 aromatic carbocycles. The van der Waals surface area contributed by atoms with Crippen LogP contribution in [0.15, 0.2) is 23.0 Å². The van der Waals surface area contributed by atoms with E-state index in [0.29, 0.717) is 17.8 Å². The van der Waals surface area contributed by atoms with Crippen molar-refractivity contribution in [2.24, 2.45) is 23.2 Å². The average molecular weight is 332 g/mol. The van der Waals surface area contributed by atoms with E-state index in [4.69, 9.17) is 4.74 Å². The Bertz CT molecular complexity index is 590. The van der Waals surface area contributed by atoms with Crippen molar-refractivity contribution in [1.29, 1.82) is 0 Å². The first-order chi connectivity index (χ1) is 11.4. The van der Waals surface area contributed by atoms with Crippen LogP contribution in [0.3, 0.4) is 0 Å². The van der Waals surface area contributed by atoms with Crippen molar-refractivity contribution in [2.45, 2.75) is 76.9 Å². The van der Waals surface area contributed by atoms with Crippen LogP contribution in [-0.2, 0) is 4.74 Å². The molecule has 4 rings (SSSR count). The highest BCUT2D eigenvalue weighted by Gasteiger charge is 2.63. The third-order valence-corrected chi connectivity index (χ3v) is 8.22. The largest absolute Gasteiger partial charge is 0.501 e. The van der Waals surface area contributed by atoms with E-state index in [0.717, 1.165) is 37.9 Å². The molecule has 0 amide bonds. The van der Waals surface area contributed by atoms with E-state index in [1.165, 1.54) is 19.3 Å². The molecule has 5 unspecified atom stereocenters. The number of fused-ring (bicyclic) bond motifs is 4. The molecule has 0 heterocycles. The number of ether oxygens (including phenoxy) is 1. The van der Waals surface area contributed by atoms with Crippen molar-refractivity contribution in [3.8, 4) is 0 Å². The normalized spacial score (nSPS) is 45.9. The van der Waals surface area contributed by atoms with Gasteiger partial charge in [-0.25, -0.2) is 0 Å². The summed E-state index contributed by atoms with van der Waals surface area (Å²) in [6.07, 6.45) is 10.2. The molecule has 0 saturated heterocycles. The average Bonchev–Trinajstić information content (AvgIpc) is 2.87. The quantitative estimate of drug-likeness (QED) is 0.753. The molecular weight excluding hydrogens is 300 g/mol. The smallest absolute Gasteiger partial charge is 0.0959 e. The molecule has 2 N–H and O–H groups in total. The van der Waals surface area contributed by atoms with Crippen LogP contribution in [-0.4, -0.2) is 29.0 Å². The molecule has 134 valence electrons. The molecule has 3 heteroatoms. The van der Waals surface area contributed by atoms with Gasteiger partial charge in [0, 0.05) is 11.8 Å². The van der Waals surface area contributed by atoms with Crippen LogP contribution in [0.1, 0.15) is 65.2 Å². The Morgan fingerprint density at radius 3 is 2.75 bits per heavy atom. The molecule has 3 nitrogen and oxygen atoms in total. The van der Waals surface area contributed by atoms with E-state index in [1.807, 2.05) is 0 Å². The fourth-order valence-electron chi connectivity index (χ4n) is 6.78. The minimum atomic E-state index is -0.896. The first-order valence-electron chi connectivity index (χ1n) is 9.75. The minimum Gasteiger partial charge on any atom is -0.501 e. The number of hydrogen-bond donors (Lipinski definition) is 2. The molecule has 24 heavy (non-hydrogen) atoms. The molecule has 4 aliphatic rings. The summed E-state index contributed by atoms with van der Waals surface area (Å²) in [5.74, 6) is 3.07. The molecule has 0 bridgehead atoms. The van der Waals surface area contributed by atoms with Crippen LogP contribution < -0.4 is 0 Å². The van der Waals surface area contributed by atoms with Gasteiger partial charge in [0.1, 0.15) is 0 Å². The van der Waals surface area contributed by atoms with Gasteiger partial charge in [0.25, 0.3) is 0 Å². The molecule has 2 saturated carbocycles. The Hall–Kier alpha value is -0.800. The first-order valence-corrected chi connectivity index (χ1v) is 9.75. The monoisotopic (exact) mass is 332 g/mol. The van der Waals surface area contributed by atoms with Gasteiger partial charge in [-0.1, -0.05) is 18.1 Å². The van der Waals surface area contributed by atoms with E-state index in [9.17, 15) is 10.2 Å². The van der Waals surface area contributed by atoms with Crippen molar-refractivity contribution in [3.63, 3.8) is 0 Å². The van der Waals surface area contributed by atoms with E-state index >= 15 is 0 Å². The maximum absolute atomic E-state index is 11.2. The van der Waals surface area contributed by atoms with Crippen LogP contribution >= 0.6 is 0 Å². The van der Waals surface area contributed by atoms with Gasteiger partial charge in [0.05, 0.1) is 24.6 Å². The van der Waals surface area contributed by atoms with Gasteiger partial charge in [-0.3, -0.25) is 0 Å². The molecule has 4 aliphatic carbocycles. The van der Waals surface area contributed by atoms with Gasteiger partial charge in [-0.2, -0.15) is 0 Å². The summed E-state index contributed by atoms with van der Waals surface area (Å²) in [4.78, 5) is 0. The highest BCUT2D eigenvalue weighted by atomic mass is 16.5. The van der Waals surface area contributed by atoms with Crippen molar-refractivity contribution >= 4 is 0 Å². The molecule has 0 aromatic rings. The van der Waals surface area contributed by atoms with Gasteiger partial charge >= 0.3 is 0 Å². The van der Waals surface area contributed by atoms with Gasteiger partial charge < -0.3 is 14.9 Å². The van der Waals surface area contributed by atoms with E-state index in [2.05, 4.69) is 13.0 Å². The second-order valence-corrected chi connectivity index (χ2v) is 8.89. The molecular formula is C21H32O3. The molecule has 0 aliphatic heterocycles. The second-order valence-electron chi connectivity index (χ2n) is 8.89. The maximum Gasteiger partial charge on any atom is 0.0959 e. The number of aliphatic hydroxyl groups excluding tert-OH is 1. The van der Waals surface area contributed by atoms with E-state index in [1.54, 1.807) is 25.2 Å². The van der Waals surface area contributed by atoms with Crippen LogP contribution in [0.4, 0.5) is 0 Å². The van der Waals surface area contributed by atoms with Gasteiger partial charge in [0.15, 0.2) is 0 Å². The summed E-state index contributed by atoms with van der Waals surface area (Å²) in [5.41, 5.74) is 2.29. The lowest BCUT2D eigenvalue weighted by molar-refractivity contribution is -0.161. The molecule has 2 fully saturated rings. The number of allylic oxidation sites excluding steroid dienone is 3. The highest BCUT2D eigenvalue weighted by molar-refractivity contribution is 5.33. The molecule has 0 aromatic heterocycles. The van der Waals surface area contributed by atoms with Crippen LogP contribution in [0.5, 0.6) is 0 Å². The van der Waals surface area contributed by atoms with E-state index < -0.39 is 11.7 Å². The summed E-state index contributed by atoms with van der Waals surface area (Å²) < 4.78 is 5.48. The minimum absolute atomic E-state index is 0.122. The Morgan fingerprint density at radius 1 is 1.25 bits per heavy atom. The third-order valence-electron chi connectivity index (χ3n) is 8.22. The summed E-state index contributed by atoms with van der Waals surface area (Å²) >= 11 is 0. The van der Waals surface area contributed by atoms with Crippen LogP contribution in [0.2, 0.25) is 0 Å². The zero-order valence-corrected chi connectivity index (χ0v) is 15.3. The Balaban J connectivity index is 1.62. The predicted octanol–water partition coefficient (Wildman–Crippen LogP) is 3.96. The Morgan fingerprint density at radius 2 is 2.04 bits per heavy atom. The summed E-state index contributed by atoms with van der Waals surface area (Å²) in [7, 11) is 1.78. The lowest BCUT2D eigenvalue weighted by Crippen LogP contribution is -2.56. The lowest BCUT2D eigenvalue weighted by Gasteiger charge is -2.54. The lowest BCUT2D eigenvalue weighted by atomic mass is 9.52. The van der Waals surface area contributed by atoms with Crippen LogP contribution in [0, 0.1) is 23.2 Å². The van der Waals surface area contributed by atoms with Crippen molar-refractivity contribution in [2.75, 3.05) is 7.11 Å². The summed E-state index contributed by atoms with van der Waals surface area (Å²) in [6, 6.07) is 0. The summed E-state index contributed by atoms with van der Waals surface area (Å²) in [5, 5.41) is 21.5. The standard InChI is InChI=1S/C21H32O3/c1-13(22)21(23)11-9-19-18-6-4-14-12-15(24-3)5-7-16(14)17(18)8-10-20(19,21)2/h5,13,17-19,22-23H,4,6-12H2,1-3H3/t13?,17?,18?,19?,20?,21-/m0/s1. The van der Waals surface area contributed by atoms with Gasteiger partial charge in [-0.05, 0) is 75.7 Å². The number of rotatable bonds is 2. The van der Waals surface area contributed by atoms with Crippen molar-refractivity contribution < 1.29 is 14.9 Å². The Kier molecular flexibility index (Phi) is 3.89. The van der Waals surface area contributed by atoms with Crippen molar-refractivity contribution in [1.82, 2.24) is 0 Å². The highest BCUT2D eigenvalue weighted by Crippen LogP contribution is 2.64.